The van der Waals surface area contributed by atoms with E-state index < -0.39 is 0 Å². The van der Waals surface area contributed by atoms with E-state index >= 15 is 0 Å². The Morgan fingerprint density at radius 3 is 2.56 bits per heavy atom. The summed E-state index contributed by atoms with van der Waals surface area (Å²) < 4.78 is 0.986. The minimum Gasteiger partial charge on any atom is -0.425 e. The molecule has 0 amide bonds. The van der Waals surface area contributed by atoms with Gasteiger partial charge in [-0.2, -0.15) is 4.73 Å². The molecule has 1 heterocycles. The van der Waals surface area contributed by atoms with Gasteiger partial charge in [-0.25, -0.2) is 9.98 Å². The van der Waals surface area contributed by atoms with Crippen LogP contribution < -0.4 is 5.62 Å². The fourth-order valence-electron chi connectivity index (χ4n) is 1.45. The van der Waals surface area contributed by atoms with Gasteiger partial charge in [-0.05, 0) is 32.0 Å². The van der Waals surface area contributed by atoms with Crippen molar-refractivity contribution in [3.63, 3.8) is 0 Å². The van der Waals surface area contributed by atoms with Gasteiger partial charge >= 0.3 is 0 Å². The molecule has 0 saturated carbocycles. The normalized spacial score (nSPS) is 11.8. The van der Waals surface area contributed by atoms with E-state index in [9.17, 15) is 5.21 Å². The monoisotopic (exact) mass is 215 g/mol. The van der Waals surface area contributed by atoms with Gasteiger partial charge < -0.3 is 5.21 Å². The minimum atomic E-state index is 0.295. The van der Waals surface area contributed by atoms with Gasteiger partial charge in [-0.15, -0.1) is 0 Å². The summed E-state index contributed by atoms with van der Waals surface area (Å²) in [7, 11) is 0. The van der Waals surface area contributed by atoms with Crippen molar-refractivity contribution in [2.24, 2.45) is 4.99 Å². The summed E-state index contributed by atoms with van der Waals surface area (Å²) in [4.78, 5) is 8.44. The van der Waals surface area contributed by atoms with Gasteiger partial charge in [0.2, 0.25) is 0 Å². The molecular formula is C12H13N3O. The number of rotatable bonds is 1. The van der Waals surface area contributed by atoms with Gasteiger partial charge in [0.15, 0.2) is 0 Å². The summed E-state index contributed by atoms with van der Waals surface area (Å²) in [6.07, 6.45) is 0. The lowest BCUT2D eigenvalue weighted by Gasteiger charge is -2.03. The lowest BCUT2D eigenvalue weighted by atomic mass is 10.3. The van der Waals surface area contributed by atoms with Crippen LogP contribution in [-0.2, 0) is 0 Å². The van der Waals surface area contributed by atoms with Crippen LogP contribution in [0.4, 0.5) is 5.69 Å². The number of nitrogens with zero attached hydrogens (tertiary/aromatic N) is 3. The Kier molecular flexibility index (Phi) is 2.72. The van der Waals surface area contributed by atoms with E-state index in [2.05, 4.69) is 9.98 Å². The standard InChI is InChI=1S/C12H13N3O/c1-9-8-10(2)15(16)12(13-9)14-11-6-4-3-5-7-11/h3-8,16H,1-2H3. The third-order valence-electron chi connectivity index (χ3n) is 2.20. The highest BCUT2D eigenvalue weighted by Gasteiger charge is 1.98. The summed E-state index contributed by atoms with van der Waals surface area (Å²) in [6.45, 7) is 3.68. The molecule has 82 valence electrons. The maximum Gasteiger partial charge on any atom is 0.263 e. The van der Waals surface area contributed by atoms with E-state index in [-0.39, 0.29) is 0 Å². The van der Waals surface area contributed by atoms with Crippen molar-refractivity contribution in [1.82, 2.24) is 9.71 Å². The summed E-state index contributed by atoms with van der Waals surface area (Å²) in [5.74, 6) is 0. The fraction of sp³-hybridized carbons (Fsp3) is 0.167. The van der Waals surface area contributed by atoms with Crippen molar-refractivity contribution in [2.45, 2.75) is 13.8 Å². The Balaban J connectivity index is 2.60. The molecule has 0 spiro atoms. The second-order valence-corrected chi connectivity index (χ2v) is 3.60. The molecule has 0 aliphatic rings. The molecule has 0 saturated heterocycles. The molecule has 1 aromatic carbocycles. The van der Waals surface area contributed by atoms with Crippen molar-refractivity contribution >= 4 is 5.69 Å². The van der Waals surface area contributed by atoms with Crippen LogP contribution in [0, 0.1) is 13.8 Å². The largest absolute Gasteiger partial charge is 0.425 e. The topological polar surface area (TPSA) is 50.4 Å². The molecule has 4 nitrogen and oxygen atoms in total. The van der Waals surface area contributed by atoms with Crippen LogP contribution in [0.15, 0.2) is 41.4 Å². The lowest BCUT2D eigenvalue weighted by Crippen LogP contribution is -2.24. The van der Waals surface area contributed by atoms with Crippen molar-refractivity contribution in [3.05, 3.63) is 53.4 Å². The van der Waals surface area contributed by atoms with Gasteiger partial charge in [-0.1, -0.05) is 18.2 Å². The average molecular weight is 215 g/mol. The van der Waals surface area contributed by atoms with Crippen LogP contribution in [0.3, 0.4) is 0 Å². The molecule has 0 aliphatic carbocycles. The molecule has 0 aliphatic heterocycles. The van der Waals surface area contributed by atoms with Gasteiger partial charge in [-0.3, -0.25) is 0 Å². The third-order valence-corrected chi connectivity index (χ3v) is 2.20. The molecule has 0 radical (unpaired) electrons. The Bertz CT molecular complexity index is 558. The molecule has 0 bridgehead atoms. The van der Waals surface area contributed by atoms with Crippen molar-refractivity contribution < 1.29 is 5.21 Å². The van der Waals surface area contributed by atoms with Gasteiger partial charge in [0.25, 0.3) is 5.62 Å². The molecule has 4 heteroatoms. The van der Waals surface area contributed by atoms with Gasteiger partial charge in [0.1, 0.15) is 0 Å². The first-order chi connectivity index (χ1) is 7.66. The molecule has 0 fully saturated rings. The van der Waals surface area contributed by atoms with E-state index in [0.29, 0.717) is 11.3 Å². The summed E-state index contributed by atoms with van der Waals surface area (Å²) in [5.41, 5.74) is 2.60. The second-order valence-electron chi connectivity index (χ2n) is 3.60. The first-order valence-corrected chi connectivity index (χ1v) is 5.03. The van der Waals surface area contributed by atoms with E-state index in [4.69, 9.17) is 0 Å². The van der Waals surface area contributed by atoms with E-state index in [1.54, 1.807) is 13.0 Å². The highest BCUT2D eigenvalue weighted by molar-refractivity contribution is 5.35. The Hall–Kier alpha value is -2.10. The van der Waals surface area contributed by atoms with Crippen LogP contribution >= 0.6 is 0 Å². The molecule has 2 aromatic rings. The number of hydrogen-bond donors (Lipinski definition) is 1. The molecule has 0 atom stereocenters. The average Bonchev–Trinajstić information content (AvgIpc) is 2.27. The Morgan fingerprint density at radius 1 is 1.19 bits per heavy atom. The molecule has 1 N–H and O–H groups in total. The summed E-state index contributed by atoms with van der Waals surface area (Å²) in [6, 6.07) is 11.2. The highest BCUT2D eigenvalue weighted by atomic mass is 16.5. The van der Waals surface area contributed by atoms with Crippen LogP contribution in [-0.4, -0.2) is 14.9 Å². The summed E-state index contributed by atoms with van der Waals surface area (Å²) >= 11 is 0. The van der Waals surface area contributed by atoms with E-state index in [1.165, 1.54) is 0 Å². The minimum absolute atomic E-state index is 0.295. The maximum atomic E-state index is 9.74. The molecule has 16 heavy (non-hydrogen) atoms. The predicted octanol–water partition coefficient (Wildman–Crippen LogP) is 1.97. The molecule has 0 unspecified atom stereocenters. The third kappa shape index (κ3) is 2.11. The summed E-state index contributed by atoms with van der Waals surface area (Å²) in [5, 5.41) is 9.74. The number of benzene rings is 1. The van der Waals surface area contributed by atoms with E-state index in [1.807, 2.05) is 37.3 Å². The molecule has 2 rings (SSSR count). The van der Waals surface area contributed by atoms with Crippen LogP contribution in [0.1, 0.15) is 11.4 Å². The second kappa shape index (κ2) is 4.18. The van der Waals surface area contributed by atoms with Crippen molar-refractivity contribution in [3.8, 4) is 0 Å². The maximum absolute atomic E-state index is 9.74. The van der Waals surface area contributed by atoms with Crippen molar-refractivity contribution in [1.29, 1.82) is 0 Å². The van der Waals surface area contributed by atoms with Crippen LogP contribution in [0.25, 0.3) is 0 Å². The zero-order chi connectivity index (χ0) is 11.5. The zero-order valence-electron chi connectivity index (χ0n) is 9.25. The molecular weight excluding hydrogens is 202 g/mol. The fourth-order valence-corrected chi connectivity index (χ4v) is 1.45. The first kappa shape index (κ1) is 10.4. The van der Waals surface area contributed by atoms with Crippen LogP contribution in [0.5, 0.6) is 0 Å². The Labute approximate surface area is 93.5 Å². The Morgan fingerprint density at radius 2 is 1.88 bits per heavy atom. The first-order valence-electron chi connectivity index (χ1n) is 5.03. The van der Waals surface area contributed by atoms with Gasteiger partial charge in [0.05, 0.1) is 11.4 Å². The quantitative estimate of drug-likeness (QED) is 0.739. The van der Waals surface area contributed by atoms with E-state index in [0.717, 1.165) is 16.1 Å². The smallest absolute Gasteiger partial charge is 0.263 e. The number of hydrogen-bond acceptors (Lipinski definition) is 3. The number of aromatic nitrogens is 2. The van der Waals surface area contributed by atoms with Gasteiger partial charge in [0, 0.05) is 5.69 Å². The SMILES string of the molecule is Cc1cc(C)n(O)c(=Nc2ccccc2)n1. The van der Waals surface area contributed by atoms with Crippen LogP contribution in [0.2, 0.25) is 0 Å². The highest BCUT2D eigenvalue weighted by Crippen LogP contribution is 2.07. The predicted molar refractivity (Wildman–Crippen MR) is 60.6 cm³/mol. The lowest BCUT2D eigenvalue weighted by molar-refractivity contribution is 0.160. The number of para-hydroxylation sites is 1. The number of aryl methyl sites for hydroxylation is 2. The zero-order valence-corrected chi connectivity index (χ0v) is 9.25. The van der Waals surface area contributed by atoms with Crippen molar-refractivity contribution in [2.75, 3.05) is 0 Å². The molecule has 1 aromatic heterocycles.